The second-order valence-electron chi connectivity index (χ2n) is 4.39. The zero-order valence-electron chi connectivity index (χ0n) is 10.5. The summed E-state index contributed by atoms with van der Waals surface area (Å²) in [5, 5.41) is 4.51. The first-order chi connectivity index (χ1) is 9.06. The van der Waals surface area contributed by atoms with Crippen LogP contribution in [0, 0.1) is 5.82 Å². The summed E-state index contributed by atoms with van der Waals surface area (Å²) >= 11 is 11.7. The van der Waals surface area contributed by atoms with Crippen LogP contribution in [-0.2, 0) is 6.54 Å². The lowest BCUT2D eigenvalue weighted by atomic mass is 10.1. The van der Waals surface area contributed by atoms with Crippen molar-refractivity contribution in [2.24, 2.45) is 0 Å². The van der Waals surface area contributed by atoms with Crippen LogP contribution in [0.15, 0.2) is 42.5 Å². The van der Waals surface area contributed by atoms with E-state index in [-0.39, 0.29) is 11.9 Å². The second kappa shape index (κ2) is 6.38. The van der Waals surface area contributed by atoms with E-state index in [0.29, 0.717) is 22.2 Å². The predicted molar refractivity (Wildman–Crippen MR) is 78.1 cm³/mol. The third kappa shape index (κ3) is 3.93. The highest BCUT2D eigenvalue weighted by molar-refractivity contribution is 6.30. The van der Waals surface area contributed by atoms with Crippen molar-refractivity contribution >= 4 is 23.2 Å². The molecule has 0 saturated heterocycles. The Kier molecular flexibility index (Phi) is 4.81. The average molecular weight is 298 g/mol. The number of hydrogen-bond donors (Lipinski definition) is 1. The Morgan fingerprint density at radius 3 is 2.37 bits per heavy atom. The normalized spacial score (nSPS) is 12.4. The van der Waals surface area contributed by atoms with Crippen LogP contribution >= 0.6 is 23.2 Å². The number of rotatable bonds is 4. The third-order valence-electron chi connectivity index (χ3n) is 2.98. The summed E-state index contributed by atoms with van der Waals surface area (Å²) < 4.78 is 13.6. The van der Waals surface area contributed by atoms with Gasteiger partial charge in [-0.2, -0.15) is 0 Å². The maximum absolute atomic E-state index is 13.6. The maximum atomic E-state index is 13.6. The SMILES string of the molecule is C[C@@H](NCc1cc(Cl)ccc1F)c1ccc(Cl)cc1. The molecule has 0 aliphatic carbocycles. The highest BCUT2D eigenvalue weighted by Crippen LogP contribution is 2.18. The molecular formula is C15H14Cl2FN. The molecule has 0 spiro atoms. The van der Waals surface area contributed by atoms with Crippen molar-refractivity contribution in [3.05, 3.63) is 69.5 Å². The first-order valence-electron chi connectivity index (χ1n) is 5.99. The molecule has 0 heterocycles. The van der Waals surface area contributed by atoms with Crippen molar-refractivity contribution in [2.45, 2.75) is 19.5 Å². The number of hydrogen-bond acceptors (Lipinski definition) is 1. The van der Waals surface area contributed by atoms with Crippen LogP contribution in [0.5, 0.6) is 0 Å². The van der Waals surface area contributed by atoms with Gasteiger partial charge in [-0.1, -0.05) is 35.3 Å². The molecule has 0 amide bonds. The molecule has 1 atom stereocenters. The van der Waals surface area contributed by atoms with Crippen LogP contribution in [-0.4, -0.2) is 0 Å². The quantitative estimate of drug-likeness (QED) is 0.839. The van der Waals surface area contributed by atoms with Crippen molar-refractivity contribution in [2.75, 3.05) is 0 Å². The molecule has 0 bridgehead atoms. The summed E-state index contributed by atoms with van der Waals surface area (Å²) in [6.07, 6.45) is 0. The average Bonchev–Trinajstić information content (AvgIpc) is 2.40. The van der Waals surface area contributed by atoms with E-state index < -0.39 is 0 Å². The summed E-state index contributed by atoms with van der Waals surface area (Å²) in [7, 11) is 0. The van der Waals surface area contributed by atoms with Crippen molar-refractivity contribution in [3.63, 3.8) is 0 Å². The Labute approximate surface area is 122 Å². The zero-order valence-corrected chi connectivity index (χ0v) is 12.0. The van der Waals surface area contributed by atoms with Gasteiger partial charge in [-0.3, -0.25) is 0 Å². The Hall–Kier alpha value is -1.09. The third-order valence-corrected chi connectivity index (χ3v) is 3.46. The molecule has 0 aliphatic heterocycles. The molecule has 1 nitrogen and oxygen atoms in total. The molecule has 4 heteroatoms. The van der Waals surface area contributed by atoms with Crippen LogP contribution in [0.1, 0.15) is 24.1 Å². The van der Waals surface area contributed by atoms with E-state index >= 15 is 0 Å². The minimum atomic E-state index is -0.250. The standard InChI is InChI=1S/C15H14Cl2FN/c1-10(11-2-4-13(16)5-3-11)19-9-12-8-14(17)6-7-15(12)18/h2-8,10,19H,9H2,1H3/t10-/m1/s1. The molecular weight excluding hydrogens is 284 g/mol. The fourth-order valence-electron chi connectivity index (χ4n) is 1.81. The summed E-state index contributed by atoms with van der Waals surface area (Å²) in [6, 6.07) is 12.3. The first-order valence-corrected chi connectivity index (χ1v) is 6.74. The first kappa shape index (κ1) is 14.3. The molecule has 19 heavy (non-hydrogen) atoms. The van der Waals surface area contributed by atoms with Crippen LogP contribution in [0.25, 0.3) is 0 Å². The lowest BCUT2D eigenvalue weighted by Gasteiger charge is -2.15. The smallest absolute Gasteiger partial charge is 0.127 e. The highest BCUT2D eigenvalue weighted by Gasteiger charge is 2.07. The van der Waals surface area contributed by atoms with E-state index in [2.05, 4.69) is 5.32 Å². The summed E-state index contributed by atoms with van der Waals surface area (Å²) in [5.74, 6) is -0.250. The fourth-order valence-corrected chi connectivity index (χ4v) is 2.13. The highest BCUT2D eigenvalue weighted by atomic mass is 35.5. The van der Waals surface area contributed by atoms with Gasteiger partial charge in [0.2, 0.25) is 0 Å². The van der Waals surface area contributed by atoms with Gasteiger partial charge < -0.3 is 5.32 Å². The van der Waals surface area contributed by atoms with Crippen LogP contribution in [0.3, 0.4) is 0 Å². The van der Waals surface area contributed by atoms with Gasteiger partial charge in [0.15, 0.2) is 0 Å². The number of benzene rings is 2. The summed E-state index contributed by atoms with van der Waals surface area (Å²) in [5.41, 5.74) is 1.67. The Bertz CT molecular complexity index is 555. The molecule has 0 saturated carbocycles. The van der Waals surface area contributed by atoms with E-state index in [1.165, 1.54) is 6.07 Å². The molecule has 0 radical (unpaired) electrons. The van der Waals surface area contributed by atoms with Gasteiger partial charge in [-0.05, 0) is 42.8 Å². The Morgan fingerprint density at radius 1 is 1.05 bits per heavy atom. The second-order valence-corrected chi connectivity index (χ2v) is 5.26. The van der Waals surface area contributed by atoms with Gasteiger partial charge in [-0.25, -0.2) is 4.39 Å². The van der Waals surface area contributed by atoms with Crippen molar-refractivity contribution in [1.29, 1.82) is 0 Å². The Balaban J connectivity index is 2.02. The molecule has 0 fully saturated rings. The molecule has 2 rings (SSSR count). The van der Waals surface area contributed by atoms with Gasteiger partial charge in [0, 0.05) is 28.2 Å². The van der Waals surface area contributed by atoms with E-state index in [4.69, 9.17) is 23.2 Å². The monoisotopic (exact) mass is 297 g/mol. The molecule has 0 aromatic heterocycles. The van der Waals surface area contributed by atoms with Gasteiger partial charge >= 0.3 is 0 Å². The summed E-state index contributed by atoms with van der Waals surface area (Å²) in [4.78, 5) is 0. The van der Waals surface area contributed by atoms with Crippen molar-refractivity contribution in [3.8, 4) is 0 Å². The van der Waals surface area contributed by atoms with E-state index in [9.17, 15) is 4.39 Å². The minimum absolute atomic E-state index is 0.107. The molecule has 0 unspecified atom stereocenters. The molecule has 2 aromatic carbocycles. The van der Waals surface area contributed by atoms with Gasteiger partial charge in [0.25, 0.3) is 0 Å². The van der Waals surface area contributed by atoms with Crippen molar-refractivity contribution in [1.82, 2.24) is 5.32 Å². The topological polar surface area (TPSA) is 12.0 Å². The lowest BCUT2D eigenvalue weighted by molar-refractivity contribution is 0.544. The Morgan fingerprint density at radius 2 is 1.68 bits per heavy atom. The zero-order chi connectivity index (χ0) is 13.8. The van der Waals surface area contributed by atoms with Gasteiger partial charge in [0.05, 0.1) is 0 Å². The summed E-state index contributed by atoms with van der Waals surface area (Å²) in [6.45, 7) is 2.45. The lowest BCUT2D eigenvalue weighted by Crippen LogP contribution is -2.18. The predicted octanol–water partition coefficient (Wildman–Crippen LogP) is 4.98. The van der Waals surface area contributed by atoms with E-state index in [0.717, 1.165) is 5.56 Å². The fraction of sp³-hybridized carbons (Fsp3) is 0.200. The van der Waals surface area contributed by atoms with E-state index in [1.54, 1.807) is 12.1 Å². The van der Waals surface area contributed by atoms with E-state index in [1.807, 2.05) is 31.2 Å². The maximum Gasteiger partial charge on any atom is 0.127 e. The molecule has 1 N–H and O–H groups in total. The van der Waals surface area contributed by atoms with Gasteiger partial charge in [0.1, 0.15) is 5.82 Å². The van der Waals surface area contributed by atoms with Gasteiger partial charge in [-0.15, -0.1) is 0 Å². The molecule has 2 aromatic rings. The largest absolute Gasteiger partial charge is 0.306 e. The van der Waals surface area contributed by atoms with Crippen LogP contribution in [0.2, 0.25) is 10.0 Å². The number of halogens is 3. The molecule has 100 valence electrons. The van der Waals surface area contributed by atoms with Crippen LogP contribution < -0.4 is 5.32 Å². The van der Waals surface area contributed by atoms with Crippen LogP contribution in [0.4, 0.5) is 4.39 Å². The minimum Gasteiger partial charge on any atom is -0.306 e. The van der Waals surface area contributed by atoms with Crippen molar-refractivity contribution < 1.29 is 4.39 Å². The number of nitrogens with one attached hydrogen (secondary N) is 1. The molecule has 0 aliphatic rings.